The fourth-order valence-corrected chi connectivity index (χ4v) is 2.70. The van der Waals surface area contributed by atoms with E-state index in [1.165, 1.54) is 24.3 Å². The molecule has 1 amide bonds. The van der Waals surface area contributed by atoms with Crippen molar-refractivity contribution < 1.29 is 31.1 Å². The van der Waals surface area contributed by atoms with Crippen LogP contribution in [0.15, 0.2) is 48.7 Å². The van der Waals surface area contributed by atoms with Crippen molar-refractivity contribution in [3.05, 3.63) is 65.6 Å². The molecule has 3 aromatic rings. The third-order valence-electron chi connectivity index (χ3n) is 3.90. The highest BCUT2D eigenvalue weighted by atomic mass is 19.4. The summed E-state index contributed by atoms with van der Waals surface area (Å²) in [6.45, 7) is 0. The van der Waals surface area contributed by atoms with Gasteiger partial charge in [0.25, 0.3) is 5.91 Å². The number of rotatable bonds is 3. The summed E-state index contributed by atoms with van der Waals surface area (Å²) in [5.41, 5.74) is -4.08. The zero-order chi connectivity index (χ0) is 21.4. The Balaban J connectivity index is 2.05. The SMILES string of the molecule is Cn1nc(-c2ccccc2)c(C(F)(F)F)c1C(=O)Nc1ccnc(C(F)(F)F)c1. The average molecular weight is 414 g/mol. The normalized spacial score (nSPS) is 12.1. The van der Waals surface area contributed by atoms with Gasteiger partial charge < -0.3 is 5.32 Å². The second-order valence-electron chi connectivity index (χ2n) is 5.94. The molecule has 0 aliphatic carbocycles. The van der Waals surface area contributed by atoms with Crippen LogP contribution in [0.25, 0.3) is 11.3 Å². The monoisotopic (exact) mass is 414 g/mol. The molecule has 1 N–H and O–H groups in total. The van der Waals surface area contributed by atoms with E-state index in [1.807, 2.05) is 5.32 Å². The van der Waals surface area contributed by atoms with Crippen molar-refractivity contribution in [3.8, 4) is 11.3 Å². The second-order valence-corrected chi connectivity index (χ2v) is 5.94. The molecule has 0 fully saturated rings. The number of halogens is 6. The Morgan fingerprint density at radius 2 is 1.66 bits per heavy atom. The van der Waals surface area contributed by atoms with E-state index in [4.69, 9.17) is 0 Å². The smallest absolute Gasteiger partial charge is 0.321 e. The highest BCUT2D eigenvalue weighted by Gasteiger charge is 2.42. The largest absolute Gasteiger partial charge is 0.433 e. The minimum Gasteiger partial charge on any atom is -0.321 e. The first-order valence-electron chi connectivity index (χ1n) is 8.02. The number of hydrogen-bond acceptors (Lipinski definition) is 3. The molecule has 2 heterocycles. The van der Waals surface area contributed by atoms with E-state index in [2.05, 4.69) is 10.1 Å². The molecule has 0 saturated heterocycles. The number of pyridine rings is 1. The summed E-state index contributed by atoms with van der Waals surface area (Å²) in [6, 6.07) is 9.00. The maximum absolute atomic E-state index is 13.7. The van der Waals surface area contributed by atoms with Gasteiger partial charge in [-0.05, 0) is 12.1 Å². The highest BCUT2D eigenvalue weighted by Crippen LogP contribution is 2.39. The molecule has 0 unspecified atom stereocenters. The van der Waals surface area contributed by atoms with Crippen molar-refractivity contribution in [2.45, 2.75) is 12.4 Å². The van der Waals surface area contributed by atoms with Crippen molar-refractivity contribution >= 4 is 11.6 Å². The van der Waals surface area contributed by atoms with Crippen molar-refractivity contribution in [3.63, 3.8) is 0 Å². The highest BCUT2D eigenvalue weighted by molar-refractivity contribution is 6.05. The number of carbonyl (C=O) groups is 1. The number of carbonyl (C=O) groups excluding carboxylic acids is 1. The molecule has 0 aliphatic rings. The Morgan fingerprint density at radius 1 is 1.00 bits per heavy atom. The van der Waals surface area contributed by atoms with Crippen LogP contribution in [0, 0.1) is 0 Å². The van der Waals surface area contributed by atoms with E-state index in [0.29, 0.717) is 6.07 Å². The third-order valence-corrected chi connectivity index (χ3v) is 3.90. The lowest BCUT2D eigenvalue weighted by Gasteiger charge is -2.12. The predicted molar refractivity (Wildman–Crippen MR) is 90.8 cm³/mol. The molecule has 0 bridgehead atoms. The topological polar surface area (TPSA) is 59.8 Å². The van der Waals surface area contributed by atoms with Crippen molar-refractivity contribution in [1.29, 1.82) is 0 Å². The molecule has 0 saturated carbocycles. The van der Waals surface area contributed by atoms with Crippen LogP contribution in [0.5, 0.6) is 0 Å². The van der Waals surface area contributed by atoms with Gasteiger partial charge in [0.2, 0.25) is 0 Å². The summed E-state index contributed by atoms with van der Waals surface area (Å²) in [7, 11) is 1.14. The van der Waals surface area contributed by atoms with Crippen LogP contribution < -0.4 is 5.32 Å². The van der Waals surface area contributed by atoms with Gasteiger partial charge >= 0.3 is 12.4 Å². The molecule has 0 atom stereocenters. The lowest BCUT2D eigenvalue weighted by molar-refractivity contribution is -0.141. The van der Waals surface area contributed by atoms with E-state index < -0.39 is 40.9 Å². The maximum Gasteiger partial charge on any atom is 0.433 e. The molecule has 0 radical (unpaired) electrons. The van der Waals surface area contributed by atoms with Crippen LogP contribution in [-0.2, 0) is 19.4 Å². The Morgan fingerprint density at radius 3 is 2.24 bits per heavy atom. The molecule has 152 valence electrons. The molecule has 2 aromatic heterocycles. The lowest BCUT2D eigenvalue weighted by Crippen LogP contribution is -2.21. The van der Waals surface area contributed by atoms with Gasteiger partial charge in [-0.1, -0.05) is 30.3 Å². The number of alkyl halides is 6. The Kier molecular flexibility index (Phi) is 5.07. The minimum absolute atomic E-state index is 0.137. The van der Waals surface area contributed by atoms with E-state index >= 15 is 0 Å². The van der Waals surface area contributed by atoms with Gasteiger partial charge in [-0.25, -0.2) is 0 Å². The number of anilines is 1. The van der Waals surface area contributed by atoms with Crippen LogP contribution in [0.1, 0.15) is 21.7 Å². The average Bonchev–Trinajstić information content (AvgIpc) is 3.00. The van der Waals surface area contributed by atoms with Crippen LogP contribution in [-0.4, -0.2) is 20.7 Å². The van der Waals surface area contributed by atoms with Gasteiger partial charge in [0.15, 0.2) is 0 Å². The van der Waals surface area contributed by atoms with Gasteiger partial charge in [-0.3, -0.25) is 14.5 Å². The van der Waals surface area contributed by atoms with Crippen LogP contribution in [0.4, 0.5) is 32.0 Å². The van der Waals surface area contributed by atoms with Gasteiger partial charge in [-0.2, -0.15) is 31.4 Å². The maximum atomic E-state index is 13.7. The van der Waals surface area contributed by atoms with Crippen molar-refractivity contribution in [1.82, 2.24) is 14.8 Å². The first kappa shape index (κ1) is 20.4. The van der Waals surface area contributed by atoms with E-state index in [0.717, 1.165) is 24.0 Å². The zero-order valence-corrected chi connectivity index (χ0v) is 14.6. The molecule has 3 rings (SSSR count). The quantitative estimate of drug-likeness (QED) is 0.628. The first-order valence-corrected chi connectivity index (χ1v) is 8.02. The van der Waals surface area contributed by atoms with Crippen LogP contribution in [0.3, 0.4) is 0 Å². The Bertz CT molecular complexity index is 1040. The molecule has 5 nitrogen and oxygen atoms in total. The number of nitrogens with one attached hydrogen (secondary N) is 1. The number of amides is 1. The van der Waals surface area contributed by atoms with Crippen molar-refractivity contribution in [2.24, 2.45) is 7.05 Å². The fourth-order valence-electron chi connectivity index (χ4n) is 2.70. The summed E-state index contributed by atoms with van der Waals surface area (Å²) in [5.74, 6) is -1.26. The molecule has 29 heavy (non-hydrogen) atoms. The number of aromatic nitrogens is 3. The summed E-state index contributed by atoms with van der Waals surface area (Å²) in [6.07, 6.45) is -8.91. The molecule has 0 aliphatic heterocycles. The number of hydrogen-bond donors (Lipinski definition) is 1. The third kappa shape index (κ3) is 4.23. The van der Waals surface area contributed by atoms with Gasteiger partial charge in [-0.15, -0.1) is 0 Å². The summed E-state index contributed by atoms with van der Waals surface area (Å²) in [4.78, 5) is 15.7. The van der Waals surface area contributed by atoms with Gasteiger partial charge in [0.1, 0.15) is 22.6 Å². The van der Waals surface area contributed by atoms with Gasteiger partial charge in [0, 0.05) is 24.5 Å². The molecular formula is C18H12F6N4O. The van der Waals surface area contributed by atoms with Crippen LogP contribution in [0.2, 0.25) is 0 Å². The summed E-state index contributed by atoms with van der Waals surface area (Å²) in [5, 5.41) is 5.86. The lowest BCUT2D eigenvalue weighted by atomic mass is 10.0. The summed E-state index contributed by atoms with van der Waals surface area (Å²) >= 11 is 0. The first-order chi connectivity index (χ1) is 13.5. The van der Waals surface area contributed by atoms with E-state index in [-0.39, 0.29) is 11.3 Å². The second kappa shape index (κ2) is 7.22. The zero-order valence-electron chi connectivity index (χ0n) is 14.6. The Hall–Kier alpha value is -3.37. The van der Waals surface area contributed by atoms with Gasteiger partial charge in [0.05, 0.1) is 0 Å². The van der Waals surface area contributed by atoms with E-state index in [9.17, 15) is 31.1 Å². The number of benzene rings is 1. The molecule has 0 spiro atoms. The predicted octanol–water partition coefficient (Wildman–Crippen LogP) is 4.77. The van der Waals surface area contributed by atoms with Crippen LogP contribution >= 0.6 is 0 Å². The minimum atomic E-state index is -4.93. The fraction of sp³-hybridized carbons (Fsp3) is 0.167. The number of nitrogens with zero attached hydrogens (tertiary/aromatic N) is 3. The standard InChI is InChI=1S/C18H12F6N4O/c1-28-15(16(29)26-11-7-8-25-12(9-11)17(19,20)21)13(18(22,23)24)14(27-28)10-5-3-2-4-6-10/h2-9H,1H3,(H,25,26,29). The molecule has 1 aromatic carbocycles. The van der Waals surface area contributed by atoms with E-state index in [1.54, 1.807) is 6.07 Å². The number of aryl methyl sites for hydroxylation is 1. The summed E-state index contributed by atoms with van der Waals surface area (Å²) < 4.78 is 80.2. The molecule has 11 heteroatoms. The van der Waals surface area contributed by atoms with Crippen molar-refractivity contribution in [2.75, 3.05) is 5.32 Å². The molecular weight excluding hydrogens is 402 g/mol. The Labute approximate surface area is 160 Å².